The number of benzene rings is 1. The van der Waals surface area contributed by atoms with Crippen LogP contribution in [0.15, 0.2) is 30.6 Å². The van der Waals surface area contributed by atoms with E-state index in [1.807, 2.05) is 13.1 Å². The highest BCUT2D eigenvalue weighted by Gasteiger charge is 2.04. The van der Waals surface area contributed by atoms with Gasteiger partial charge in [-0.3, -0.25) is 4.68 Å². The van der Waals surface area contributed by atoms with Gasteiger partial charge in [0.1, 0.15) is 12.9 Å². The van der Waals surface area contributed by atoms with E-state index in [1.54, 1.807) is 11.0 Å². The van der Waals surface area contributed by atoms with Crippen molar-refractivity contribution < 1.29 is 4.74 Å². The first kappa shape index (κ1) is 13.5. The molecule has 0 amide bonds. The molecule has 0 saturated heterocycles. The van der Waals surface area contributed by atoms with Gasteiger partial charge in [0.2, 0.25) is 0 Å². The van der Waals surface area contributed by atoms with E-state index >= 15 is 0 Å². The van der Waals surface area contributed by atoms with E-state index in [-0.39, 0.29) is 0 Å². The third kappa shape index (κ3) is 4.06. The molecule has 0 saturated carbocycles. The summed E-state index contributed by atoms with van der Waals surface area (Å²) in [4.78, 5) is 4.05. The zero-order chi connectivity index (χ0) is 13.5. The van der Waals surface area contributed by atoms with Gasteiger partial charge >= 0.3 is 6.01 Å². The van der Waals surface area contributed by atoms with Gasteiger partial charge in [0.15, 0.2) is 0 Å². The minimum atomic E-state index is 0.420. The first-order valence-electron chi connectivity index (χ1n) is 6.55. The smallest absolute Gasteiger partial charge is 0.335 e. The standard InChI is InChI=1S/C14H20N4O/c1-3-15-9-8-12-6-4-5-7-13(12)10-19-14-16-11-18(2)17-14/h4-7,11,15H,3,8-10H2,1-2H3. The molecule has 0 aliphatic rings. The van der Waals surface area contributed by atoms with Crippen molar-refractivity contribution in [2.75, 3.05) is 13.1 Å². The van der Waals surface area contributed by atoms with Crippen LogP contribution in [0, 0.1) is 0 Å². The monoisotopic (exact) mass is 260 g/mol. The second kappa shape index (κ2) is 6.89. The maximum Gasteiger partial charge on any atom is 0.335 e. The molecular weight excluding hydrogens is 240 g/mol. The number of likely N-dealkylation sites (N-methyl/N-ethyl adjacent to an activating group) is 1. The van der Waals surface area contributed by atoms with Crippen LogP contribution in [0.3, 0.4) is 0 Å². The van der Waals surface area contributed by atoms with Crippen LogP contribution in [-0.2, 0) is 20.1 Å². The number of nitrogens with zero attached hydrogens (tertiary/aromatic N) is 3. The van der Waals surface area contributed by atoms with Crippen LogP contribution in [-0.4, -0.2) is 27.9 Å². The van der Waals surface area contributed by atoms with Gasteiger partial charge in [0, 0.05) is 7.05 Å². The van der Waals surface area contributed by atoms with E-state index in [4.69, 9.17) is 4.74 Å². The first-order valence-corrected chi connectivity index (χ1v) is 6.55. The fraction of sp³-hybridized carbons (Fsp3) is 0.429. The third-order valence-electron chi connectivity index (χ3n) is 2.87. The van der Waals surface area contributed by atoms with Crippen LogP contribution in [0.25, 0.3) is 0 Å². The summed E-state index contributed by atoms with van der Waals surface area (Å²) < 4.78 is 7.23. The zero-order valence-corrected chi connectivity index (χ0v) is 11.5. The normalized spacial score (nSPS) is 10.6. The Morgan fingerprint density at radius 1 is 1.26 bits per heavy atom. The molecule has 5 nitrogen and oxygen atoms in total. The lowest BCUT2D eigenvalue weighted by Crippen LogP contribution is -2.17. The van der Waals surface area contributed by atoms with E-state index in [1.165, 1.54) is 11.1 Å². The van der Waals surface area contributed by atoms with E-state index in [9.17, 15) is 0 Å². The molecule has 5 heteroatoms. The van der Waals surface area contributed by atoms with Gasteiger partial charge in [-0.25, -0.2) is 0 Å². The molecular formula is C14H20N4O. The Balaban J connectivity index is 1.95. The molecule has 2 rings (SSSR count). The van der Waals surface area contributed by atoms with E-state index in [0.717, 1.165) is 19.5 Å². The predicted molar refractivity (Wildman–Crippen MR) is 74.0 cm³/mol. The van der Waals surface area contributed by atoms with Crippen molar-refractivity contribution in [1.82, 2.24) is 20.1 Å². The van der Waals surface area contributed by atoms with Gasteiger partial charge < -0.3 is 10.1 Å². The minimum Gasteiger partial charge on any atom is -0.458 e. The predicted octanol–water partition coefficient (Wildman–Crippen LogP) is 1.55. The number of rotatable bonds is 7. The SMILES string of the molecule is CCNCCc1ccccc1COc1ncn(C)n1. The molecule has 0 radical (unpaired) electrons. The molecule has 0 aliphatic carbocycles. The Labute approximate surface area is 113 Å². The van der Waals surface area contributed by atoms with Crippen molar-refractivity contribution in [2.24, 2.45) is 7.05 Å². The van der Waals surface area contributed by atoms with Crippen molar-refractivity contribution in [2.45, 2.75) is 20.0 Å². The second-order valence-corrected chi connectivity index (χ2v) is 4.36. The number of hydrogen-bond donors (Lipinski definition) is 1. The molecule has 0 unspecified atom stereocenters. The summed E-state index contributed by atoms with van der Waals surface area (Å²) in [6.07, 6.45) is 2.63. The molecule has 1 aromatic carbocycles. The molecule has 19 heavy (non-hydrogen) atoms. The van der Waals surface area contributed by atoms with Gasteiger partial charge in [-0.1, -0.05) is 31.2 Å². The summed E-state index contributed by atoms with van der Waals surface area (Å²) in [6, 6.07) is 8.74. The topological polar surface area (TPSA) is 52.0 Å². The number of aromatic nitrogens is 3. The molecule has 1 aromatic heterocycles. The Kier molecular flexibility index (Phi) is 4.92. The summed E-state index contributed by atoms with van der Waals surface area (Å²) in [5.41, 5.74) is 2.49. The second-order valence-electron chi connectivity index (χ2n) is 4.36. The summed E-state index contributed by atoms with van der Waals surface area (Å²) >= 11 is 0. The van der Waals surface area contributed by atoms with Crippen LogP contribution >= 0.6 is 0 Å². The van der Waals surface area contributed by atoms with Gasteiger partial charge in [0.05, 0.1) is 0 Å². The summed E-state index contributed by atoms with van der Waals surface area (Å²) in [6.45, 7) is 4.60. The largest absolute Gasteiger partial charge is 0.458 e. The molecule has 1 N–H and O–H groups in total. The summed E-state index contributed by atoms with van der Waals surface area (Å²) in [5, 5.41) is 7.43. The molecule has 2 aromatic rings. The van der Waals surface area contributed by atoms with Gasteiger partial charge in [0.25, 0.3) is 0 Å². The molecule has 0 bridgehead atoms. The third-order valence-corrected chi connectivity index (χ3v) is 2.87. The van der Waals surface area contributed by atoms with Crippen molar-refractivity contribution in [1.29, 1.82) is 0 Å². The Morgan fingerprint density at radius 3 is 2.74 bits per heavy atom. The van der Waals surface area contributed by atoms with Crippen LogP contribution in [0.5, 0.6) is 6.01 Å². The first-order chi connectivity index (χ1) is 9.29. The summed E-state index contributed by atoms with van der Waals surface area (Å²) in [7, 11) is 1.82. The number of hydrogen-bond acceptors (Lipinski definition) is 4. The minimum absolute atomic E-state index is 0.420. The number of ether oxygens (including phenoxy) is 1. The Bertz CT molecular complexity index is 510. The van der Waals surface area contributed by atoms with Gasteiger partial charge in [-0.05, 0) is 30.6 Å². The number of aryl methyl sites for hydroxylation is 1. The van der Waals surface area contributed by atoms with E-state index in [2.05, 4.69) is 40.5 Å². The lowest BCUT2D eigenvalue weighted by Gasteiger charge is -2.09. The highest BCUT2D eigenvalue weighted by atomic mass is 16.5. The molecule has 0 spiro atoms. The average molecular weight is 260 g/mol. The molecule has 102 valence electrons. The lowest BCUT2D eigenvalue weighted by atomic mass is 10.1. The Morgan fingerprint density at radius 2 is 2.05 bits per heavy atom. The van der Waals surface area contributed by atoms with Crippen LogP contribution in [0.4, 0.5) is 0 Å². The maximum atomic E-state index is 5.60. The highest BCUT2D eigenvalue weighted by molar-refractivity contribution is 5.27. The van der Waals surface area contributed by atoms with Crippen LogP contribution in [0.2, 0.25) is 0 Å². The van der Waals surface area contributed by atoms with Crippen molar-refractivity contribution in [3.63, 3.8) is 0 Å². The zero-order valence-electron chi connectivity index (χ0n) is 11.5. The van der Waals surface area contributed by atoms with Crippen LogP contribution in [0.1, 0.15) is 18.1 Å². The quantitative estimate of drug-likeness (QED) is 0.767. The lowest BCUT2D eigenvalue weighted by molar-refractivity contribution is 0.279. The van der Waals surface area contributed by atoms with Crippen LogP contribution < -0.4 is 10.1 Å². The molecule has 1 heterocycles. The molecule has 0 atom stereocenters. The van der Waals surface area contributed by atoms with Gasteiger partial charge in [-0.2, -0.15) is 4.98 Å². The Hall–Kier alpha value is -1.88. The van der Waals surface area contributed by atoms with E-state index < -0.39 is 0 Å². The maximum absolute atomic E-state index is 5.60. The fourth-order valence-corrected chi connectivity index (χ4v) is 1.87. The molecule has 0 aliphatic heterocycles. The molecule has 0 fully saturated rings. The van der Waals surface area contributed by atoms with Crippen molar-refractivity contribution >= 4 is 0 Å². The fourth-order valence-electron chi connectivity index (χ4n) is 1.87. The van der Waals surface area contributed by atoms with Crippen molar-refractivity contribution in [3.8, 4) is 6.01 Å². The van der Waals surface area contributed by atoms with Gasteiger partial charge in [-0.15, -0.1) is 5.10 Å². The highest BCUT2D eigenvalue weighted by Crippen LogP contribution is 2.12. The number of nitrogens with one attached hydrogen (secondary N) is 1. The van der Waals surface area contributed by atoms with E-state index in [0.29, 0.717) is 12.6 Å². The summed E-state index contributed by atoms with van der Waals surface area (Å²) in [5.74, 6) is 0. The average Bonchev–Trinajstić information content (AvgIpc) is 2.84. The van der Waals surface area contributed by atoms with Crippen molar-refractivity contribution in [3.05, 3.63) is 41.7 Å².